The zero-order chi connectivity index (χ0) is 17.2. The molecule has 8 heteroatoms. The van der Waals surface area contributed by atoms with E-state index in [1.807, 2.05) is 0 Å². The predicted octanol–water partition coefficient (Wildman–Crippen LogP) is 1.88. The van der Waals surface area contributed by atoms with Gasteiger partial charge >= 0.3 is 0 Å². The van der Waals surface area contributed by atoms with Gasteiger partial charge in [0.2, 0.25) is 10.0 Å². The van der Waals surface area contributed by atoms with Gasteiger partial charge in [0.1, 0.15) is 5.75 Å². The number of methoxy groups -OCH3 is 1. The number of sulfonamides is 1. The summed E-state index contributed by atoms with van der Waals surface area (Å²) < 4.78 is 30.7. The first-order valence-electron chi connectivity index (χ1n) is 7.41. The van der Waals surface area contributed by atoms with Gasteiger partial charge in [0.25, 0.3) is 5.91 Å². The molecule has 0 radical (unpaired) electrons. The van der Waals surface area contributed by atoms with Crippen LogP contribution in [-0.4, -0.2) is 38.7 Å². The fraction of sp³-hybridized carbons (Fsp3) is 0.250. The van der Waals surface area contributed by atoms with Crippen LogP contribution in [-0.2, 0) is 10.0 Å². The summed E-state index contributed by atoms with van der Waals surface area (Å²) in [6.45, 7) is 0.435. The highest BCUT2D eigenvalue weighted by Gasteiger charge is 2.29. The number of ether oxygens (including phenoxy) is 1. The van der Waals surface area contributed by atoms with Gasteiger partial charge < -0.3 is 10.1 Å². The van der Waals surface area contributed by atoms with E-state index in [1.54, 1.807) is 36.5 Å². The highest BCUT2D eigenvalue weighted by atomic mass is 32.2. The maximum Gasteiger partial charge on any atom is 0.257 e. The van der Waals surface area contributed by atoms with Crippen LogP contribution >= 0.6 is 0 Å². The molecule has 0 aliphatic carbocycles. The van der Waals surface area contributed by atoms with E-state index in [-0.39, 0.29) is 11.7 Å². The molecule has 1 fully saturated rings. The lowest BCUT2D eigenvalue weighted by Crippen LogP contribution is -2.25. The lowest BCUT2D eigenvalue weighted by Gasteiger charge is -2.19. The standard InChI is InChI=1S/C16H17N3O4S/c1-23-15-6-5-13(19-8-3-9-24(19,21)22)10-14(15)18-16(20)12-4-2-7-17-11-12/h2,4-7,10-11H,3,8-9H2,1H3,(H,18,20). The molecule has 1 saturated heterocycles. The van der Waals surface area contributed by atoms with Crippen molar-refractivity contribution in [3.05, 3.63) is 48.3 Å². The van der Waals surface area contributed by atoms with E-state index in [2.05, 4.69) is 10.3 Å². The van der Waals surface area contributed by atoms with Crippen molar-refractivity contribution in [3.63, 3.8) is 0 Å². The lowest BCUT2D eigenvalue weighted by atomic mass is 10.2. The Bertz CT molecular complexity index is 853. The normalized spacial score (nSPS) is 16.0. The minimum absolute atomic E-state index is 0.135. The van der Waals surface area contributed by atoms with Crippen LogP contribution in [0.2, 0.25) is 0 Å². The number of anilines is 2. The molecule has 2 aromatic rings. The Labute approximate surface area is 140 Å². The molecule has 3 rings (SSSR count). The van der Waals surface area contributed by atoms with Crippen LogP contribution in [0.3, 0.4) is 0 Å². The van der Waals surface area contributed by atoms with Gasteiger partial charge in [-0.15, -0.1) is 0 Å². The number of hydrogen-bond donors (Lipinski definition) is 1. The van der Waals surface area contributed by atoms with Crippen molar-refractivity contribution < 1.29 is 17.9 Å². The number of carbonyl (C=O) groups excluding carboxylic acids is 1. The third-order valence-corrected chi connectivity index (χ3v) is 5.61. The number of benzene rings is 1. The molecular formula is C16H17N3O4S. The monoisotopic (exact) mass is 347 g/mol. The van der Waals surface area contributed by atoms with Crippen LogP contribution in [0.1, 0.15) is 16.8 Å². The molecule has 1 aromatic carbocycles. The van der Waals surface area contributed by atoms with Crippen molar-refractivity contribution in [1.29, 1.82) is 0 Å². The Kier molecular flexibility index (Phi) is 4.39. The van der Waals surface area contributed by atoms with Gasteiger partial charge in [-0.25, -0.2) is 8.42 Å². The van der Waals surface area contributed by atoms with Gasteiger partial charge in [-0.1, -0.05) is 0 Å². The first-order chi connectivity index (χ1) is 11.5. The SMILES string of the molecule is COc1ccc(N2CCCS2(=O)=O)cc1NC(=O)c1cccnc1. The predicted molar refractivity (Wildman–Crippen MR) is 90.9 cm³/mol. The third kappa shape index (κ3) is 3.18. The quantitative estimate of drug-likeness (QED) is 0.912. The summed E-state index contributed by atoms with van der Waals surface area (Å²) >= 11 is 0. The molecule has 24 heavy (non-hydrogen) atoms. The zero-order valence-corrected chi connectivity index (χ0v) is 13.9. The molecule has 1 aromatic heterocycles. The largest absolute Gasteiger partial charge is 0.495 e. The fourth-order valence-corrected chi connectivity index (χ4v) is 4.13. The molecule has 2 heterocycles. The Morgan fingerprint density at radius 2 is 2.17 bits per heavy atom. The molecule has 0 bridgehead atoms. The van der Waals surface area contributed by atoms with Crippen molar-refractivity contribution in [1.82, 2.24) is 4.98 Å². The minimum Gasteiger partial charge on any atom is -0.495 e. The van der Waals surface area contributed by atoms with E-state index < -0.39 is 10.0 Å². The van der Waals surface area contributed by atoms with Crippen LogP contribution in [0.25, 0.3) is 0 Å². The number of rotatable bonds is 4. The van der Waals surface area contributed by atoms with Crippen LogP contribution < -0.4 is 14.4 Å². The lowest BCUT2D eigenvalue weighted by molar-refractivity contribution is 0.102. The molecule has 0 saturated carbocycles. The molecule has 126 valence electrons. The number of nitrogens with zero attached hydrogens (tertiary/aromatic N) is 2. The van der Waals surface area contributed by atoms with Crippen LogP contribution in [0.15, 0.2) is 42.7 Å². The van der Waals surface area contributed by atoms with Crippen LogP contribution in [0.5, 0.6) is 5.75 Å². The maximum atomic E-state index is 12.3. The van der Waals surface area contributed by atoms with Gasteiger partial charge in [-0.05, 0) is 36.8 Å². The summed E-state index contributed by atoms with van der Waals surface area (Å²) in [6.07, 6.45) is 3.62. The summed E-state index contributed by atoms with van der Waals surface area (Å²) in [4.78, 5) is 16.2. The molecular weight excluding hydrogens is 330 g/mol. The number of aromatic nitrogens is 1. The summed E-state index contributed by atoms with van der Waals surface area (Å²) in [5.74, 6) is 0.242. The van der Waals surface area contributed by atoms with Gasteiger partial charge in [0.15, 0.2) is 0 Å². The minimum atomic E-state index is -3.29. The number of nitrogens with one attached hydrogen (secondary N) is 1. The molecule has 0 atom stereocenters. The topological polar surface area (TPSA) is 88.6 Å². The van der Waals surface area contributed by atoms with Crippen molar-refractivity contribution >= 4 is 27.3 Å². The molecule has 7 nitrogen and oxygen atoms in total. The Balaban J connectivity index is 1.92. The highest BCUT2D eigenvalue weighted by molar-refractivity contribution is 7.93. The second-order valence-corrected chi connectivity index (χ2v) is 7.33. The molecule has 0 spiro atoms. The molecule has 1 aliphatic rings. The fourth-order valence-electron chi connectivity index (χ4n) is 2.57. The molecule has 1 aliphatic heterocycles. The van der Waals surface area contributed by atoms with Gasteiger partial charge in [-0.2, -0.15) is 0 Å². The number of hydrogen-bond acceptors (Lipinski definition) is 5. The molecule has 1 N–H and O–H groups in total. The first-order valence-corrected chi connectivity index (χ1v) is 9.02. The molecule has 1 amide bonds. The summed E-state index contributed by atoms with van der Waals surface area (Å²) in [6, 6.07) is 8.22. The van der Waals surface area contributed by atoms with Crippen LogP contribution in [0.4, 0.5) is 11.4 Å². The van der Waals surface area contributed by atoms with E-state index in [4.69, 9.17) is 4.74 Å². The Morgan fingerprint density at radius 3 is 2.79 bits per heavy atom. The van der Waals surface area contributed by atoms with Crippen molar-refractivity contribution in [2.75, 3.05) is 29.0 Å². The second-order valence-electron chi connectivity index (χ2n) is 5.32. The van der Waals surface area contributed by atoms with E-state index in [9.17, 15) is 13.2 Å². The summed E-state index contributed by atoms with van der Waals surface area (Å²) in [7, 11) is -1.80. The van der Waals surface area contributed by atoms with Crippen molar-refractivity contribution in [2.45, 2.75) is 6.42 Å². The summed E-state index contributed by atoms with van der Waals surface area (Å²) in [5.41, 5.74) is 1.32. The zero-order valence-electron chi connectivity index (χ0n) is 13.1. The van der Waals surface area contributed by atoms with Crippen molar-refractivity contribution in [3.8, 4) is 5.75 Å². The van der Waals surface area contributed by atoms with Crippen molar-refractivity contribution in [2.24, 2.45) is 0 Å². The summed E-state index contributed by atoms with van der Waals surface area (Å²) in [5, 5.41) is 2.74. The second kappa shape index (κ2) is 6.48. The molecule has 0 unspecified atom stereocenters. The number of pyridine rings is 1. The number of carbonyl (C=O) groups is 1. The third-order valence-electron chi connectivity index (χ3n) is 3.74. The van der Waals surface area contributed by atoms with E-state index in [0.29, 0.717) is 35.7 Å². The Morgan fingerprint density at radius 1 is 1.33 bits per heavy atom. The first kappa shape index (κ1) is 16.3. The average Bonchev–Trinajstić information content (AvgIpc) is 2.95. The number of amides is 1. The van der Waals surface area contributed by atoms with Gasteiger partial charge in [-0.3, -0.25) is 14.1 Å². The van der Waals surface area contributed by atoms with Crippen LogP contribution in [0, 0.1) is 0 Å². The smallest absolute Gasteiger partial charge is 0.257 e. The maximum absolute atomic E-state index is 12.3. The Hall–Kier alpha value is -2.61. The van der Waals surface area contributed by atoms with E-state index in [1.165, 1.54) is 17.6 Å². The van der Waals surface area contributed by atoms with E-state index in [0.717, 1.165) is 0 Å². The average molecular weight is 347 g/mol. The van der Waals surface area contributed by atoms with Gasteiger partial charge in [0.05, 0.1) is 29.8 Å². The van der Waals surface area contributed by atoms with E-state index >= 15 is 0 Å². The highest BCUT2D eigenvalue weighted by Crippen LogP contribution is 2.32. The van der Waals surface area contributed by atoms with Gasteiger partial charge in [0, 0.05) is 18.9 Å².